The van der Waals surface area contributed by atoms with Gasteiger partial charge in [0.25, 0.3) is 12.0 Å². The number of likely N-dealkylation sites (tertiary alicyclic amines) is 1. The number of aryl methyl sites for hydroxylation is 1. The first kappa shape index (κ1) is 29.8. The number of fused-ring (bicyclic) bond motifs is 1. The van der Waals surface area contributed by atoms with E-state index in [2.05, 4.69) is 15.0 Å². The monoisotopic (exact) mass is 575 g/mol. The molecule has 1 saturated heterocycles. The number of anilines is 1. The molecule has 2 atom stereocenters. The molecular formula is C28H32F3N5O5. The largest absolute Gasteiger partial charge is 0.483 e. The first-order valence-corrected chi connectivity index (χ1v) is 13.1. The fourth-order valence-electron chi connectivity index (χ4n) is 4.66. The Balaban J connectivity index is 1.86. The molecule has 1 aliphatic heterocycles. The average molecular weight is 576 g/mol. The SMILES string of the molecule is CC(=O)N1CC[C@H](Oc2cc3c(N(C(=O)OC(C)(C)C)[C@H](C)c4cccc(C(F)F)c4F)nc(C)nc3[nH]c2=O)C1. The number of ether oxygens (including phenoxy) is 2. The van der Waals surface area contributed by atoms with Crippen LogP contribution in [0.3, 0.4) is 0 Å². The van der Waals surface area contributed by atoms with Gasteiger partial charge in [-0.3, -0.25) is 14.5 Å². The molecule has 10 nitrogen and oxygen atoms in total. The Morgan fingerprint density at radius 2 is 1.88 bits per heavy atom. The van der Waals surface area contributed by atoms with Gasteiger partial charge in [-0.25, -0.2) is 27.9 Å². The second kappa shape index (κ2) is 11.4. The van der Waals surface area contributed by atoms with Gasteiger partial charge < -0.3 is 19.4 Å². The summed E-state index contributed by atoms with van der Waals surface area (Å²) < 4.78 is 53.9. The Morgan fingerprint density at radius 3 is 2.49 bits per heavy atom. The summed E-state index contributed by atoms with van der Waals surface area (Å²) in [6.45, 7) is 10.1. The summed E-state index contributed by atoms with van der Waals surface area (Å²) in [6, 6.07) is 3.76. The summed E-state index contributed by atoms with van der Waals surface area (Å²) in [5.74, 6) is -1.24. The molecule has 2 aromatic heterocycles. The van der Waals surface area contributed by atoms with Crippen LogP contribution in [0.15, 0.2) is 29.1 Å². The van der Waals surface area contributed by atoms with Crippen molar-refractivity contribution < 1.29 is 32.2 Å². The second-order valence-corrected chi connectivity index (χ2v) is 10.9. The van der Waals surface area contributed by atoms with Crippen molar-refractivity contribution in [1.82, 2.24) is 19.9 Å². The lowest BCUT2D eigenvalue weighted by atomic mass is 10.0. The Bertz CT molecular complexity index is 1540. The number of halogens is 3. The highest BCUT2D eigenvalue weighted by atomic mass is 19.3. The van der Waals surface area contributed by atoms with Crippen LogP contribution >= 0.6 is 0 Å². The summed E-state index contributed by atoms with van der Waals surface area (Å²) in [5, 5.41) is 0.176. The summed E-state index contributed by atoms with van der Waals surface area (Å²) in [6.07, 6.45) is -3.93. The van der Waals surface area contributed by atoms with E-state index in [0.29, 0.717) is 19.5 Å². The van der Waals surface area contributed by atoms with E-state index in [1.165, 1.54) is 39.0 Å². The zero-order chi connectivity index (χ0) is 30.2. The van der Waals surface area contributed by atoms with Crippen molar-refractivity contribution in [2.75, 3.05) is 18.0 Å². The normalized spacial score (nSPS) is 16.2. The Morgan fingerprint density at radius 1 is 1.20 bits per heavy atom. The molecule has 0 radical (unpaired) electrons. The lowest BCUT2D eigenvalue weighted by Crippen LogP contribution is -2.39. The lowest BCUT2D eigenvalue weighted by molar-refractivity contribution is -0.128. The first-order valence-electron chi connectivity index (χ1n) is 13.1. The van der Waals surface area contributed by atoms with Gasteiger partial charge in [-0.15, -0.1) is 0 Å². The van der Waals surface area contributed by atoms with Gasteiger partial charge in [0.15, 0.2) is 11.6 Å². The van der Waals surface area contributed by atoms with Crippen LogP contribution in [-0.2, 0) is 9.53 Å². The number of aromatic amines is 1. The molecule has 41 heavy (non-hydrogen) atoms. The fourth-order valence-corrected chi connectivity index (χ4v) is 4.66. The molecule has 0 saturated carbocycles. The molecule has 0 unspecified atom stereocenters. The van der Waals surface area contributed by atoms with Crippen LogP contribution in [0.4, 0.5) is 23.8 Å². The molecule has 1 N–H and O–H groups in total. The van der Waals surface area contributed by atoms with Crippen LogP contribution in [0.1, 0.15) is 70.5 Å². The quantitative estimate of drug-likeness (QED) is 0.429. The number of amides is 2. The molecular weight excluding hydrogens is 543 g/mol. The van der Waals surface area contributed by atoms with Crippen LogP contribution in [0.2, 0.25) is 0 Å². The smallest absolute Gasteiger partial charge is 0.416 e. The fraction of sp³-hybridized carbons (Fsp3) is 0.464. The minimum atomic E-state index is -3.07. The number of alkyl halides is 2. The molecule has 13 heteroatoms. The Labute approximate surface area is 234 Å². The third-order valence-electron chi connectivity index (χ3n) is 6.60. The number of nitrogens with zero attached hydrogens (tertiary/aromatic N) is 4. The molecule has 1 aliphatic rings. The zero-order valence-electron chi connectivity index (χ0n) is 23.6. The van der Waals surface area contributed by atoms with Crippen LogP contribution in [0.25, 0.3) is 11.0 Å². The van der Waals surface area contributed by atoms with Crippen LogP contribution in [0.5, 0.6) is 5.75 Å². The van der Waals surface area contributed by atoms with Gasteiger partial charge in [0, 0.05) is 31.5 Å². The van der Waals surface area contributed by atoms with Crippen molar-refractivity contribution in [2.24, 2.45) is 0 Å². The number of rotatable bonds is 6. The lowest BCUT2D eigenvalue weighted by Gasteiger charge is -2.32. The number of nitrogens with one attached hydrogen (secondary N) is 1. The molecule has 0 bridgehead atoms. The molecule has 4 rings (SSSR count). The van der Waals surface area contributed by atoms with Crippen molar-refractivity contribution >= 4 is 28.9 Å². The van der Waals surface area contributed by atoms with Gasteiger partial charge in [0.05, 0.1) is 23.5 Å². The van der Waals surface area contributed by atoms with E-state index >= 15 is 4.39 Å². The molecule has 0 spiro atoms. The molecule has 0 aliphatic carbocycles. The molecule has 1 aromatic carbocycles. The molecule has 220 valence electrons. The van der Waals surface area contributed by atoms with Gasteiger partial charge in [-0.05, 0) is 34.6 Å². The average Bonchev–Trinajstić information content (AvgIpc) is 3.32. The van der Waals surface area contributed by atoms with Crippen molar-refractivity contribution in [3.63, 3.8) is 0 Å². The number of hydrogen-bond acceptors (Lipinski definition) is 7. The first-order chi connectivity index (χ1) is 19.2. The maximum absolute atomic E-state index is 15.3. The van der Waals surface area contributed by atoms with Gasteiger partial charge in [0.1, 0.15) is 29.0 Å². The number of benzene rings is 1. The predicted octanol–water partition coefficient (Wildman–Crippen LogP) is 5.21. The van der Waals surface area contributed by atoms with E-state index in [-0.39, 0.29) is 39.9 Å². The maximum atomic E-state index is 15.3. The highest BCUT2D eigenvalue weighted by Crippen LogP contribution is 2.36. The number of hydrogen-bond donors (Lipinski definition) is 1. The standard InChI is InChI=1S/C28H32F3N5O5/c1-14(18-8-7-9-19(22(18)29)23(30)31)36(27(39)41-28(4,5)6)25-20-12-21(26(38)34-24(20)32-15(2)33-25)40-17-10-11-35(13-17)16(3)37/h7-9,12,14,17,23H,10-11,13H2,1-6H3,(H,32,33,34,38)/t14-,17+/m1/s1. The minimum Gasteiger partial charge on any atom is -0.483 e. The van der Waals surface area contributed by atoms with Crippen molar-refractivity contribution in [3.05, 3.63) is 57.4 Å². The van der Waals surface area contributed by atoms with E-state index in [4.69, 9.17) is 9.47 Å². The minimum absolute atomic E-state index is 0.0472. The number of carbonyl (C=O) groups is 2. The van der Waals surface area contributed by atoms with Crippen LogP contribution < -0.4 is 15.2 Å². The second-order valence-electron chi connectivity index (χ2n) is 10.9. The van der Waals surface area contributed by atoms with Crippen molar-refractivity contribution in [2.45, 2.75) is 72.1 Å². The Kier molecular flexibility index (Phi) is 8.27. The molecule has 2 amide bonds. The summed E-state index contributed by atoms with van der Waals surface area (Å²) in [7, 11) is 0. The van der Waals surface area contributed by atoms with Crippen LogP contribution in [0, 0.1) is 12.7 Å². The highest BCUT2D eigenvalue weighted by Gasteiger charge is 2.34. The van der Waals surface area contributed by atoms with Gasteiger partial charge in [-0.2, -0.15) is 0 Å². The number of H-pyrrole nitrogens is 1. The Hall–Kier alpha value is -4.16. The zero-order valence-corrected chi connectivity index (χ0v) is 23.6. The van der Waals surface area contributed by atoms with Crippen molar-refractivity contribution in [1.29, 1.82) is 0 Å². The van der Waals surface area contributed by atoms with E-state index in [1.807, 2.05) is 0 Å². The van der Waals surface area contributed by atoms with E-state index in [1.54, 1.807) is 25.7 Å². The molecule has 1 fully saturated rings. The number of pyridine rings is 1. The summed E-state index contributed by atoms with van der Waals surface area (Å²) in [5.41, 5.74) is -2.48. The van der Waals surface area contributed by atoms with Gasteiger partial charge >= 0.3 is 6.09 Å². The number of aromatic nitrogens is 3. The van der Waals surface area contributed by atoms with Crippen LogP contribution in [-0.4, -0.2) is 56.6 Å². The topological polar surface area (TPSA) is 118 Å². The summed E-state index contributed by atoms with van der Waals surface area (Å²) >= 11 is 0. The third kappa shape index (κ3) is 6.44. The highest BCUT2D eigenvalue weighted by molar-refractivity contribution is 5.98. The summed E-state index contributed by atoms with van der Waals surface area (Å²) in [4.78, 5) is 52.3. The number of carbonyl (C=O) groups excluding carboxylic acids is 2. The van der Waals surface area contributed by atoms with E-state index in [9.17, 15) is 23.2 Å². The molecule has 3 heterocycles. The maximum Gasteiger partial charge on any atom is 0.416 e. The third-order valence-corrected chi connectivity index (χ3v) is 6.60. The van der Waals surface area contributed by atoms with Crippen molar-refractivity contribution in [3.8, 4) is 5.75 Å². The van der Waals surface area contributed by atoms with Gasteiger partial charge in [0.2, 0.25) is 5.91 Å². The van der Waals surface area contributed by atoms with E-state index < -0.39 is 47.2 Å². The van der Waals surface area contributed by atoms with Gasteiger partial charge in [-0.1, -0.05) is 18.2 Å². The molecule has 3 aromatic rings. The predicted molar refractivity (Wildman–Crippen MR) is 145 cm³/mol. The van der Waals surface area contributed by atoms with E-state index in [0.717, 1.165) is 11.0 Å².